The van der Waals surface area contributed by atoms with E-state index < -0.39 is 0 Å². The molecule has 13 rings (SSSR count). The first-order valence-electron chi connectivity index (χ1n) is 19.3. The van der Waals surface area contributed by atoms with Gasteiger partial charge in [0.05, 0.1) is 27.6 Å². The van der Waals surface area contributed by atoms with E-state index in [1.54, 1.807) is 0 Å². The molecule has 5 heterocycles. The van der Waals surface area contributed by atoms with Crippen LogP contribution in [0, 0.1) is 0 Å². The number of hydrogen-bond donors (Lipinski definition) is 0. The largest absolute Gasteiger partial charge is 0.455 e. The molecule has 13 aromatic rings. The lowest BCUT2D eigenvalue weighted by Crippen LogP contribution is -1.98. The number of rotatable bonds is 4. The molecule has 0 spiro atoms. The molecule has 0 N–H and O–H groups in total. The fourth-order valence-electron chi connectivity index (χ4n) is 9.34. The molecule has 6 nitrogen and oxygen atoms in total. The Labute approximate surface area is 325 Å². The highest BCUT2D eigenvalue weighted by molar-refractivity contribution is 6.12. The molecule has 266 valence electrons. The standard InChI is InChI=1S/C51H31N5O/c1-2-13-33(14-3-1)54-43-21-8-5-17-40(43)48-50(54)52-51-55(45-22-9-10-23-46(45)56(48)51)35-29-30-44-41(31-35)37-15-4-7-20-42(37)53(44)34-27-25-32(26-28-34)36-18-12-19-39-38-16-6-11-24-47(38)57-49(36)39/h1-31H. The van der Waals surface area contributed by atoms with Crippen molar-refractivity contribution in [2.75, 3.05) is 0 Å². The third-order valence-corrected chi connectivity index (χ3v) is 11.8. The van der Waals surface area contributed by atoms with Crippen molar-refractivity contribution < 1.29 is 4.42 Å². The quantitative estimate of drug-likeness (QED) is 0.181. The first-order valence-corrected chi connectivity index (χ1v) is 19.3. The molecular weight excluding hydrogens is 699 g/mol. The van der Waals surface area contributed by atoms with E-state index in [0.717, 1.165) is 94.7 Å². The maximum Gasteiger partial charge on any atom is 0.222 e. The summed E-state index contributed by atoms with van der Waals surface area (Å²) < 4.78 is 15.7. The van der Waals surface area contributed by atoms with E-state index in [9.17, 15) is 0 Å². The summed E-state index contributed by atoms with van der Waals surface area (Å²) in [5, 5.41) is 5.83. The first-order chi connectivity index (χ1) is 28.3. The third-order valence-electron chi connectivity index (χ3n) is 11.8. The summed E-state index contributed by atoms with van der Waals surface area (Å²) in [5.74, 6) is 0.884. The van der Waals surface area contributed by atoms with Crippen molar-refractivity contribution in [3.8, 4) is 28.2 Å². The fraction of sp³-hybridized carbons (Fsp3) is 0. The maximum atomic E-state index is 6.39. The minimum Gasteiger partial charge on any atom is -0.455 e. The molecule has 0 aliphatic heterocycles. The monoisotopic (exact) mass is 729 g/mol. The number of para-hydroxylation sites is 7. The number of nitrogens with zero attached hydrogens (tertiary/aromatic N) is 5. The van der Waals surface area contributed by atoms with Gasteiger partial charge in [0.25, 0.3) is 0 Å². The average Bonchev–Trinajstić information content (AvgIpc) is 4.06. The van der Waals surface area contributed by atoms with Crippen LogP contribution in [-0.4, -0.2) is 23.1 Å². The molecule has 0 amide bonds. The van der Waals surface area contributed by atoms with Crippen molar-refractivity contribution >= 4 is 82.6 Å². The predicted octanol–water partition coefficient (Wildman–Crippen LogP) is 13.0. The molecule has 6 heteroatoms. The highest BCUT2D eigenvalue weighted by atomic mass is 16.3. The van der Waals surface area contributed by atoms with Crippen LogP contribution < -0.4 is 0 Å². The Morgan fingerprint density at radius 3 is 1.82 bits per heavy atom. The number of benzene rings is 8. The van der Waals surface area contributed by atoms with E-state index in [4.69, 9.17) is 9.40 Å². The summed E-state index contributed by atoms with van der Waals surface area (Å²) >= 11 is 0. The molecule has 0 saturated heterocycles. The van der Waals surface area contributed by atoms with Gasteiger partial charge in [-0.3, -0.25) is 13.5 Å². The summed E-state index contributed by atoms with van der Waals surface area (Å²) in [5.41, 5.74) is 15.0. The topological polar surface area (TPSA) is 45.2 Å². The first kappa shape index (κ1) is 30.5. The molecule has 0 atom stereocenters. The lowest BCUT2D eigenvalue weighted by atomic mass is 10.0. The Morgan fingerprint density at radius 1 is 0.386 bits per heavy atom. The molecule has 5 aromatic heterocycles. The Bertz CT molecular complexity index is 3740. The highest BCUT2D eigenvalue weighted by Crippen LogP contribution is 2.40. The molecule has 0 fully saturated rings. The van der Waals surface area contributed by atoms with E-state index in [1.807, 2.05) is 12.1 Å². The van der Waals surface area contributed by atoms with Crippen molar-refractivity contribution in [1.82, 2.24) is 23.1 Å². The van der Waals surface area contributed by atoms with Gasteiger partial charge in [0.1, 0.15) is 16.7 Å². The predicted molar refractivity (Wildman–Crippen MR) is 233 cm³/mol. The third kappa shape index (κ3) is 4.16. The zero-order valence-corrected chi connectivity index (χ0v) is 30.5. The zero-order valence-electron chi connectivity index (χ0n) is 30.5. The molecule has 0 bridgehead atoms. The summed E-state index contributed by atoms with van der Waals surface area (Å²) in [6, 6.07) is 66.9. The molecule has 57 heavy (non-hydrogen) atoms. The van der Waals surface area contributed by atoms with Gasteiger partial charge in [-0.05, 0) is 78.4 Å². The minimum absolute atomic E-state index is 0.884. The van der Waals surface area contributed by atoms with Gasteiger partial charge in [-0.2, -0.15) is 4.98 Å². The van der Waals surface area contributed by atoms with Gasteiger partial charge in [-0.1, -0.05) is 115 Å². The van der Waals surface area contributed by atoms with Crippen LogP contribution in [0.4, 0.5) is 0 Å². The van der Waals surface area contributed by atoms with Gasteiger partial charge >= 0.3 is 0 Å². The van der Waals surface area contributed by atoms with Crippen LogP contribution in [0.1, 0.15) is 0 Å². The van der Waals surface area contributed by atoms with Crippen LogP contribution in [0.5, 0.6) is 0 Å². The summed E-state index contributed by atoms with van der Waals surface area (Å²) in [6.45, 7) is 0. The van der Waals surface area contributed by atoms with Crippen LogP contribution in [0.2, 0.25) is 0 Å². The van der Waals surface area contributed by atoms with Crippen LogP contribution in [0.25, 0.3) is 111 Å². The maximum absolute atomic E-state index is 6.39. The second-order valence-corrected chi connectivity index (χ2v) is 14.8. The van der Waals surface area contributed by atoms with Crippen LogP contribution in [-0.2, 0) is 0 Å². The van der Waals surface area contributed by atoms with E-state index in [2.05, 4.69) is 194 Å². The molecule has 0 aliphatic carbocycles. The molecule has 0 unspecified atom stereocenters. The van der Waals surface area contributed by atoms with E-state index >= 15 is 0 Å². The second-order valence-electron chi connectivity index (χ2n) is 14.8. The van der Waals surface area contributed by atoms with Gasteiger partial charge in [0.2, 0.25) is 5.78 Å². The number of imidazole rings is 2. The lowest BCUT2D eigenvalue weighted by Gasteiger charge is -2.11. The lowest BCUT2D eigenvalue weighted by molar-refractivity contribution is 0.670. The normalized spacial score (nSPS) is 12.2. The van der Waals surface area contributed by atoms with Gasteiger partial charge in [-0.15, -0.1) is 0 Å². The summed E-state index contributed by atoms with van der Waals surface area (Å²) in [6.07, 6.45) is 0. The average molecular weight is 730 g/mol. The van der Waals surface area contributed by atoms with Crippen LogP contribution in [0.15, 0.2) is 192 Å². The molecular formula is C51H31N5O. The van der Waals surface area contributed by atoms with Crippen molar-refractivity contribution in [3.05, 3.63) is 188 Å². The van der Waals surface area contributed by atoms with Crippen molar-refractivity contribution in [3.63, 3.8) is 0 Å². The summed E-state index contributed by atoms with van der Waals surface area (Å²) in [7, 11) is 0. The number of fused-ring (bicyclic) bond motifs is 13. The van der Waals surface area contributed by atoms with Gasteiger partial charge in [0.15, 0.2) is 5.65 Å². The number of furan rings is 1. The van der Waals surface area contributed by atoms with E-state index in [1.165, 1.54) is 16.2 Å². The summed E-state index contributed by atoms with van der Waals surface area (Å²) in [4.78, 5) is 5.48. The highest BCUT2D eigenvalue weighted by Gasteiger charge is 2.24. The Balaban J connectivity index is 1.01. The SMILES string of the molecule is c1ccc(-n2c3ccccc3c3c2nc2n(-c4ccc5c(c4)c4ccccc4n5-c4ccc(-c5cccc6c5oc5ccccc56)cc4)c4ccccc4n32)cc1. The van der Waals surface area contributed by atoms with Crippen molar-refractivity contribution in [2.45, 2.75) is 0 Å². The second kappa shape index (κ2) is 11.4. The number of hydrogen-bond acceptors (Lipinski definition) is 2. The van der Waals surface area contributed by atoms with Gasteiger partial charge in [-0.25, -0.2) is 0 Å². The van der Waals surface area contributed by atoms with Crippen LogP contribution >= 0.6 is 0 Å². The minimum atomic E-state index is 0.884. The fourth-order valence-corrected chi connectivity index (χ4v) is 9.34. The zero-order chi connectivity index (χ0) is 37.2. The smallest absolute Gasteiger partial charge is 0.222 e. The van der Waals surface area contributed by atoms with Gasteiger partial charge < -0.3 is 8.98 Å². The Kier molecular flexibility index (Phi) is 6.07. The van der Waals surface area contributed by atoms with E-state index in [-0.39, 0.29) is 0 Å². The molecule has 8 aromatic carbocycles. The van der Waals surface area contributed by atoms with Crippen molar-refractivity contribution in [1.29, 1.82) is 0 Å². The molecule has 0 saturated carbocycles. The van der Waals surface area contributed by atoms with Crippen LogP contribution in [0.3, 0.4) is 0 Å². The Morgan fingerprint density at radius 2 is 1.00 bits per heavy atom. The van der Waals surface area contributed by atoms with Gasteiger partial charge in [0, 0.05) is 49.6 Å². The van der Waals surface area contributed by atoms with E-state index in [0.29, 0.717) is 0 Å². The molecule has 0 aliphatic rings. The van der Waals surface area contributed by atoms with Crippen molar-refractivity contribution in [2.24, 2.45) is 0 Å². The number of aromatic nitrogens is 5. The molecule has 0 radical (unpaired) electrons. The Hall–Kier alpha value is -7.83.